The van der Waals surface area contributed by atoms with E-state index < -0.39 is 11.6 Å². The van der Waals surface area contributed by atoms with Gasteiger partial charge in [-0.25, -0.2) is 8.78 Å². The molecule has 1 heterocycles. The zero-order valence-corrected chi connectivity index (χ0v) is 11.2. The molecule has 3 rings (SSSR count). The second-order valence-electron chi connectivity index (χ2n) is 5.04. The first-order chi connectivity index (χ1) is 10.1. The zero-order chi connectivity index (χ0) is 15.0. The number of hydrogen-bond donors (Lipinski definition) is 1. The van der Waals surface area contributed by atoms with Gasteiger partial charge in [-0.3, -0.25) is 4.79 Å². The lowest BCUT2D eigenvalue weighted by Gasteiger charge is -2.32. The average Bonchev–Trinajstić information content (AvgIpc) is 2.50. The Morgan fingerprint density at radius 1 is 1.14 bits per heavy atom. The quantitative estimate of drug-likeness (QED) is 0.876. The van der Waals surface area contributed by atoms with Gasteiger partial charge < -0.3 is 10.6 Å². The lowest BCUT2D eigenvalue weighted by atomic mass is 9.96. The van der Waals surface area contributed by atoms with Gasteiger partial charge in [-0.2, -0.15) is 0 Å². The van der Waals surface area contributed by atoms with Crippen LogP contribution in [-0.2, 0) is 0 Å². The maximum Gasteiger partial charge on any atom is 0.258 e. The smallest absolute Gasteiger partial charge is 0.258 e. The van der Waals surface area contributed by atoms with Gasteiger partial charge in [0.05, 0.1) is 0 Å². The molecule has 108 valence electrons. The van der Waals surface area contributed by atoms with E-state index in [0.717, 1.165) is 23.4 Å². The van der Waals surface area contributed by atoms with Crippen molar-refractivity contribution in [3.63, 3.8) is 0 Å². The van der Waals surface area contributed by atoms with E-state index in [9.17, 15) is 13.6 Å². The van der Waals surface area contributed by atoms with E-state index in [1.165, 1.54) is 6.07 Å². The van der Waals surface area contributed by atoms with Gasteiger partial charge in [-0.1, -0.05) is 18.2 Å². The highest BCUT2D eigenvalue weighted by atomic mass is 19.2. The summed E-state index contributed by atoms with van der Waals surface area (Å²) in [5.74, 6) is -2.34. The molecule has 1 unspecified atom stereocenters. The predicted molar refractivity (Wildman–Crippen MR) is 76.0 cm³/mol. The number of fused-ring (bicyclic) bond motifs is 1. The van der Waals surface area contributed by atoms with Gasteiger partial charge in [0.2, 0.25) is 0 Å². The summed E-state index contributed by atoms with van der Waals surface area (Å²) in [7, 11) is 0. The monoisotopic (exact) mass is 288 g/mol. The van der Waals surface area contributed by atoms with Gasteiger partial charge >= 0.3 is 0 Å². The normalized spacial score (nSPS) is 17.5. The van der Waals surface area contributed by atoms with Crippen LogP contribution in [0.4, 0.5) is 14.5 Å². The summed E-state index contributed by atoms with van der Waals surface area (Å²) < 4.78 is 26.3. The van der Waals surface area contributed by atoms with E-state index in [2.05, 4.69) is 0 Å². The van der Waals surface area contributed by atoms with Gasteiger partial charge in [-0.15, -0.1) is 0 Å². The lowest BCUT2D eigenvalue weighted by molar-refractivity contribution is 0.0983. The van der Waals surface area contributed by atoms with Crippen LogP contribution in [0.15, 0.2) is 42.5 Å². The molecule has 1 aliphatic rings. The van der Waals surface area contributed by atoms with Crippen molar-refractivity contribution in [2.24, 2.45) is 5.73 Å². The largest absolute Gasteiger partial charge is 0.324 e. The molecular formula is C16H14F2N2O. The molecule has 0 aliphatic carbocycles. The lowest BCUT2D eigenvalue weighted by Crippen LogP contribution is -2.38. The molecule has 0 saturated heterocycles. The van der Waals surface area contributed by atoms with Crippen LogP contribution in [0.25, 0.3) is 0 Å². The van der Waals surface area contributed by atoms with Crippen molar-refractivity contribution in [2.75, 3.05) is 11.4 Å². The van der Waals surface area contributed by atoms with Gasteiger partial charge in [0.1, 0.15) is 0 Å². The average molecular weight is 288 g/mol. The van der Waals surface area contributed by atoms with Gasteiger partial charge in [-0.05, 0) is 36.2 Å². The van der Waals surface area contributed by atoms with Crippen molar-refractivity contribution in [2.45, 2.75) is 12.5 Å². The maximum atomic E-state index is 13.3. The number of carbonyl (C=O) groups excluding carboxylic acids is 1. The predicted octanol–water partition coefficient (Wildman–Crippen LogP) is 3.02. The highest BCUT2D eigenvalue weighted by Crippen LogP contribution is 2.33. The Hall–Kier alpha value is -2.27. The Bertz CT molecular complexity index is 702. The van der Waals surface area contributed by atoms with Crippen LogP contribution < -0.4 is 10.6 Å². The second-order valence-corrected chi connectivity index (χ2v) is 5.04. The van der Waals surface area contributed by atoms with Crippen molar-refractivity contribution in [1.82, 2.24) is 0 Å². The topological polar surface area (TPSA) is 46.3 Å². The number of anilines is 1. The standard InChI is InChI=1S/C16H14F2N2O/c17-12-6-5-10(9-13(12)18)16(21)20-8-7-14(19)11-3-1-2-4-15(11)20/h1-6,9,14H,7-8,19H2. The van der Waals surface area contributed by atoms with Crippen LogP contribution in [0, 0.1) is 11.6 Å². The Labute approximate surface area is 121 Å². The number of halogens is 2. The molecule has 2 aromatic rings. The third kappa shape index (κ3) is 2.40. The number of nitrogens with zero attached hydrogens (tertiary/aromatic N) is 1. The molecule has 0 aromatic heterocycles. The van der Waals surface area contributed by atoms with E-state index in [0.29, 0.717) is 13.0 Å². The highest BCUT2D eigenvalue weighted by molar-refractivity contribution is 6.06. The molecule has 3 nitrogen and oxygen atoms in total. The van der Waals surface area contributed by atoms with E-state index in [1.54, 1.807) is 4.90 Å². The summed E-state index contributed by atoms with van der Waals surface area (Å²) in [6.07, 6.45) is 0.631. The summed E-state index contributed by atoms with van der Waals surface area (Å²) in [6, 6.07) is 10.4. The second kappa shape index (κ2) is 5.26. The maximum absolute atomic E-state index is 13.3. The minimum atomic E-state index is -1.03. The molecule has 2 aromatic carbocycles. The molecule has 0 fully saturated rings. The molecule has 1 amide bonds. The summed E-state index contributed by atoms with van der Waals surface area (Å²) in [6.45, 7) is 0.454. The minimum Gasteiger partial charge on any atom is -0.324 e. The third-order valence-electron chi connectivity index (χ3n) is 3.70. The van der Waals surface area contributed by atoms with Crippen LogP contribution in [0.5, 0.6) is 0 Å². The first-order valence-electron chi connectivity index (χ1n) is 6.69. The Morgan fingerprint density at radius 2 is 1.90 bits per heavy atom. The first-order valence-corrected chi connectivity index (χ1v) is 6.69. The van der Waals surface area contributed by atoms with Crippen molar-refractivity contribution in [1.29, 1.82) is 0 Å². The fraction of sp³-hybridized carbons (Fsp3) is 0.188. The first kappa shape index (κ1) is 13.7. The molecule has 5 heteroatoms. The number of carbonyl (C=O) groups is 1. The van der Waals surface area contributed by atoms with Crippen LogP contribution >= 0.6 is 0 Å². The number of hydrogen-bond acceptors (Lipinski definition) is 2. The highest BCUT2D eigenvalue weighted by Gasteiger charge is 2.27. The van der Waals surface area contributed by atoms with Crippen molar-refractivity contribution in [3.05, 3.63) is 65.2 Å². The molecular weight excluding hydrogens is 274 g/mol. The summed E-state index contributed by atoms with van der Waals surface area (Å²) in [4.78, 5) is 14.1. The van der Waals surface area contributed by atoms with Crippen LogP contribution in [-0.4, -0.2) is 12.5 Å². The number of para-hydroxylation sites is 1. The SMILES string of the molecule is NC1CCN(C(=O)c2ccc(F)c(F)c2)c2ccccc21. The van der Waals surface area contributed by atoms with E-state index in [4.69, 9.17) is 5.73 Å². The number of rotatable bonds is 1. The summed E-state index contributed by atoms with van der Waals surface area (Å²) in [5.41, 5.74) is 7.78. The van der Waals surface area contributed by atoms with Gasteiger partial charge in [0.15, 0.2) is 11.6 Å². The Balaban J connectivity index is 1.99. The molecule has 0 bridgehead atoms. The molecule has 1 atom stereocenters. The molecule has 21 heavy (non-hydrogen) atoms. The van der Waals surface area contributed by atoms with Gasteiger partial charge in [0.25, 0.3) is 5.91 Å². The zero-order valence-electron chi connectivity index (χ0n) is 11.2. The van der Waals surface area contributed by atoms with Gasteiger partial charge in [0, 0.05) is 23.8 Å². The summed E-state index contributed by atoms with van der Waals surface area (Å²) in [5, 5.41) is 0. The fourth-order valence-corrected chi connectivity index (χ4v) is 2.59. The number of amides is 1. The molecule has 0 saturated carbocycles. The number of nitrogens with two attached hydrogens (primary N) is 1. The van der Waals surface area contributed by atoms with E-state index >= 15 is 0 Å². The van der Waals surface area contributed by atoms with Crippen LogP contribution in [0.1, 0.15) is 28.4 Å². The van der Waals surface area contributed by atoms with Crippen LogP contribution in [0.3, 0.4) is 0 Å². The Kier molecular flexibility index (Phi) is 3.43. The molecule has 1 aliphatic heterocycles. The van der Waals surface area contributed by atoms with Crippen molar-refractivity contribution in [3.8, 4) is 0 Å². The molecule has 0 spiro atoms. The molecule has 2 N–H and O–H groups in total. The summed E-state index contributed by atoms with van der Waals surface area (Å²) >= 11 is 0. The van der Waals surface area contributed by atoms with Crippen molar-refractivity contribution < 1.29 is 13.6 Å². The van der Waals surface area contributed by atoms with E-state index in [1.807, 2.05) is 24.3 Å². The number of benzene rings is 2. The Morgan fingerprint density at radius 3 is 2.67 bits per heavy atom. The molecule has 0 radical (unpaired) electrons. The van der Waals surface area contributed by atoms with Crippen molar-refractivity contribution >= 4 is 11.6 Å². The van der Waals surface area contributed by atoms with Crippen LogP contribution in [0.2, 0.25) is 0 Å². The van der Waals surface area contributed by atoms with E-state index in [-0.39, 0.29) is 17.5 Å². The fourth-order valence-electron chi connectivity index (χ4n) is 2.59. The minimum absolute atomic E-state index is 0.116. The third-order valence-corrected chi connectivity index (χ3v) is 3.70.